The first-order valence-corrected chi connectivity index (χ1v) is 19.4. The molecule has 0 aromatic heterocycles. The molecule has 47 heavy (non-hydrogen) atoms. The second-order valence-corrected chi connectivity index (χ2v) is 13.3. The SMILES string of the molecule is CCCCCC=CCCOC(=O)CCCCCCCN(CCCCCCCC(=O)OCCC=CCCCCC)C(=O)CCCN(C)C. The van der Waals surface area contributed by atoms with Crippen molar-refractivity contribution in [3.63, 3.8) is 0 Å². The lowest BCUT2D eigenvalue weighted by molar-refractivity contribution is -0.144. The van der Waals surface area contributed by atoms with Gasteiger partial charge in [0.25, 0.3) is 0 Å². The number of unbranched alkanes of at least 4 members (excludes halogenated alkanes) is 14. The zero-order chi connectivity index (χ0) is 34.6. The van der Waals surface area contributed by atoms with E-state index in [0.717, 1.165) is 116 Å². The summed E-state index contributed by atoms with van der Waals surface area (Å²) in [5, 5.41) is 0. The van der Waals surface area contributed by atoms with Crippen LogP contribution >= 0.6 is 0 Å². The number of carbonyl (C=O) groups excluding carboxylic acids is 3. The molecule has 0 aliphatic heterocycles. The van der Waals surface area contributed by atoms with Crippen molar-refractivity contribution < 1.29 is 23.9 Å². The van der Waals surface area contributed by atoms with Gasteiger partial charge in [-0.1, -0.05) is 102 Å². The highest BCUT2D eigenvalue weighted by Crippen LogP contribution is 2.12. The molecule has 0 saturated carbocycles. The molecule has 0 heterocycles. The second kappa shape index (κ2) is 35.2. The molecule has 0 atom stereocenters. The third-order valence-electron chi connectivity index (χ3n) is 8.34. The Hall–Kier alpha value is -2.15. The molecule has 0 fully saturated rings. The minimum atomic E-state index is -0.0877. The van der Waals surface area contributed by atoms with Crippen molar-refractivity contribution >= 4 is 17.8 Å². The smallest absolute Gasteiger partial charge is 0.305 e. The maximum absolute atomic E-state index is 13.0. The molecule has 0 N–H and O–H groups in total. The van der Waals surface area contributed by atoms with Gasteiger partial charge in [-0.2, -0.15) is 0 Å². The van der Waals surface area contributed by atoms with Crippen LogP contribution in [0.5, 0.6) is 0 Å². The zero-order valence-electron chi connectivity index (χ0n) is 31.3. The van der Waals surface area contributed by atoms with Crippen LogP contribution in [0.2, 0.25) is 0 Å². The van der Waals surface area contributed by atoms with Gasteiger partial charge in [0.15, 0.2) is 0 Å². The van der Waals surface area contributed by atoms with Crippen molar-refractivity contribution in [3.8, 4) is 0 Å². The summed E-state index contributed by atoms with van der Waals surface area (Å²) >= 11 is 0. The van der Waals surface area contributed by atoms with Crippen molar-refractivity contribution in [1.82, 2.24) is 9.80 Å². The molecule has 0 unspecified atom stereocenters. The van der Waals surface area contributed by atoms with E-state index in [0.29, 0.717) is 32.5 Å². The normalized spacial score (nSPS) is 11.6. The molecule has 0 aromatic carbocycles. The van der Waals surface area contributed by atoms with E-state index in [-0.39, 0.29) is 17.8 Å². The van der Waals surface area contributed by atoms with Gasteiger partial charge in [-0.05, 0) is 91.3 Å². The molecule has 274 valence electrons. The first-order chi connectivity index (χ1) is 22.9. The van der Waals surface area contributed by atoms with Crippen LogP contribution in [0.1, 0.15) is 168 Å². The van der Waals surface area contributed by atoms with E-state index in [9.17, 15) is 14.4 Å². The molecule has 0 rings (SSSR count). The van der Waals surface area contributed by atoms with Crippen molar-refractivity contribution in [2.75, 3.05) is 46.9 Å². The maximum atomic E-state index is 13.0. The summed E-state index contributed by atoms with van der Waals surface area (Å²) in [6.45, 7) is 7.93. The lowest BCUT2D eigenvalue weighted by Crippen LogP contribution is -2.33. The van der Waals surface area contributed by atoms with E-state index in [1.165, 1.54) is 38.5 Å². The molecule has 0 bridgehead atoms. The summed E-state index contributed by atoms with van der Waals surface area (Å²) in [7, 11) is 4.09. The molecule has 7 nitrogen and oxygen atoms in total. The first-order valence-electron chi connectivity index (χ1n) is 19.4. The van der Waals surface area contributed by atoms with Crippen molar-refractivity contribution in [2.24, 2.45) is 0 Å². The lowest BCUT2D eigenvalue weighted by Gasteiger charge is -2.23. The van der Waals surface area contributed by atoms with Crippen molar-refractivity contribution in [2.45, 2.75) is 168 Å². The largest absolute Gasteiger partial charge is 0.465 e. The highest BCUT2D eigenvalue weighted by atomic mass is 16.5. The van der Waals surface area contributed by atoms with Crippen molar-refractivity contribution in [3.05, 3.63) is 24.3 Å². The van der Waals surface area contributed by atoms with Gasteiger partial charge in [-0.25, -0.2) is 0 Å². The number of esters is 2. The minimum Gasteiger partial charge on any atom is -0.465 e. The Bertz CT molecular complexity index is 743. The number of nitrogens with zero attached hydrogens (tertiary/aromatic N) is 2. The summed E-state index contributed by atoms with van der Waals surface area (Å²) in [6, 6.07) is 0. The molecular formula is C40H74N2O5. The van der Waals surface area contributed by atoms with Crippen LogP contribution in [-0.4, -0.2) is 74.6 Å². The van der Waals surface area contributed by atoms with Gasteiger partial charge in [0.1, 0.15) is 0 Å². The topological polar surface area (TPSA) is 76.1 Å². The van der Waals surface area contributed by atoms with Crippen LogP contribution in [-0.2, 0) is 23.9 Å². The molecule has 0 radical (unpaired) electrons. The molecule has 1 amide bonds. The Kier molecular flexibility index (Phi) is 33.6. The molecule has 0 saturated heterocycles. The zero-order valence-corrected chi connectivity index (χ0v) is 31.3. The Morgan fingerprint density at radius 1 is 0.468 bits per heavy atom. The van der Waals surface area contributed by atoms with Crippen LogP contribution in [0, 0.1) is 0 Å². The van der Waals surface area contributed by atoms with Crippen LogP contribution in [0.25, 0.3) is 0 Å². The fourth-order valence-electron chi connectivity index (χ4n) is 5.39. The number of hydrogen-bond acceptors (Lipinski definition) is 6. The van der Waals surface area contributed by atoms with Crippen LogP contribution in [0.15, 0.2) is 24.3 Å². The minimum absolute atomic E-state index is 0.0877. The van der Waals surface area contributed by atoms with E-state index in [1.54, 1.807) is 0 Å². The molecular weight excluding hydrogens is 588 g/mol. The quantitative estimate of drug-likeness (QED) is 0.0388. The molecule has 0 spiro atoms. The van der Waals surface area contributed by atoms with Gasteiger partial charge in [0.2, 0.25) is 5.91 Å². The van der Waals surface area contributed by atoms with E-state index >= 15 is 0 Å². The Labute approximate surface area is 290 Å². The fraction of sp³-hybridized carbons (Fsp3) is 0.825. The number of hydrogen-bond donors (Lipinski definition) is 0. The summed E-state index contributed by atoms with van der Waals surface area (Å²) in [5.74, 6) is 0.0921. The van der Waals surface area contributed by atoms with Crippen molar-refractivity contribution in [1.29, 1.82) is 0 Å². The van der Waals surface area contributed by atoms with Crippen LogP contribution in [0.4, 0.5) is 0 Å². The number of rotatable bonds is 34. The van der Waals surface area contributed by atoms with Crippen LogP contribution in [0.3, 0.4) is 0 Å². The number of carbonyl (C=O) groups is 3. The van der Waals surface area contributed by atoms with Gasteiger partial charge < -0.3 is 19.3 Å². The predicted octanol–water partition coefficient (Wildman–Crippen LogP) is 9.98. The Morgan fingerprint density at radius 2 is 0.894 bits per heavy atom. The van der Waals surface area contributed by atoms with Gasteiger partial charge in [0.05, 0.1) is 13.2 Å². The predicted molar refractivity (Wildman–Crippen MR) is 197 cm³/mol. The maximum Gasteiger partial charge on any atom is 0.305 e. The number of amides is 1. The summed E-state index contributed by atoms with van der Waals surface area (Å²) in [6.07, 6.45) is 32.5. The average molecular weight is 663 g/mol. The monoisotopic (exact) mass is 663 g/mol. The molecule has 0 aromatic rings. The average Bonchev–Trinajstić information content (AvgIpc) is 3.05. The molecule has 7 heteroatoms. The number of ether oxygens (including phenoxy) is 2. The van der Waals surface area contributed by atoms with E-state index in [2.05, 4.69) is 48.0 Å². The second-order valence-electron chi connectivity index (χ2n) is 13.3. The van der Waals surface area contributed by atoms with Crippen LogP contribution < -0.4 is 0 Å². The summed E-state index contributed by atoms with van der Waals surface area (Å²) in [5.41, 5.74) is 0. The van der Waals surface area contributed by atoms with Gasteiger partial charge in [-0.15, -0.1) is 0 Å². The lowest BCUT2D eigenvalue weighted by atomic mass is 10.1. The van der Waals surface area contributed by atoms with Gasteiger partial charge >= 0.3 is 11.9 Å². The van der Waals surface area contributed by atoms with E-state index in [4.69, 9.17) is 9.47 Å². The molecule has 0 aliphatic carbocycles. The highest BCUT2D eigenvalue weighted by Gasteiger charge is 2.13. The fourth-order valence-corrected chi connectivity index (χ4v) is 5.39. The highest BCUT2D eigenvalue weighted by molar-refractivity contribution is 5.76. The Balaban J connectivity index is 4.06. The third-order valence-corrected chi connectivity index (χ3v) is 8.34. The Morgan fingerprint density at radius 3 is 1.34 bits per heavy atom. The number of allylic oxidation sites excluding steroid dienone is 2. The van der Waals surface area contributed by atoms with E-state index < -0.39 is 0 Å². The molecule has 0 aliphatic rings. The summed E-state index contributed by atoms with van der Waals surface area (Å²) in [4.78, 5) is 41.1. The van der Waals surface area contributed by atoms with E-state index in [1.807, 2.05) is 14.1 Å². The first kappa shape index (κ1) is 44.9. The third kappa shape index (κ3) is 33.5. The van der Waals surface area contributed by atoms with Gasteiger partial charge in [-0.3, -0.25) is 14.4 Å². The standard InChI is InChI=1S/C40H74N2O5/c1-5-7-9-11-13-21-27-36-46-39(44)31-23-17-15-19-25-34-42(38(43)30-29-33-41(3)4)35-26-20-16-18-24-32-40(45)47-37-28-22-14-12-10-8-6-2/h13-14,21-22H,5-12,15-20,23-37H2,1-4H3. The summed E-state index contributed by atoms with van der Waals surface area (Å²) < 4.78 is 10.7. The van der Waals surface area contributed by atoms with Gasteiger partial charge in [0, 0.05) is 32.4 Å².